The van der Waals surface area contributed by atoms with Crippen LogP contribution in [0, 0.1) is 5.92 Å². The number of benzene rings is 3. The maximum atomic E-state index is 15.0. The summed E-state index contributed by atoms with van der Waals surface area (Å²) in [6.45, 7) is 0.765. The molecule has 0 saturated carbocycles. The van der Waals surface area contributed by atoms with Crippen molar-refractivity contribution in [1.82, 2.24) is 40.9 Å². The molecule has 85 heavy (non-hydrogen) atoms. The number of ether oxygens (including phenoxy) is 1. The van der Waals surface area contributed by atoms with Crippen molar-refractivity contribution in [3.05, 3.63) is 83.4 Å². The number of aromatic hydroxyl groups is 1. The molecule has 456 valence electrons. The van der Waals surface area contributed by atoms with E-state index >= 15 is 4.79 Å². The molecule has 4 fully saturated rings. The van der Waals surface area contributed by atoms with Gasteiger partial charge in [0.1, 0.15) is 36.8 Å². The van der Waals surface area contributed by atoms with Gasteiger partial charge in [0.05, 0.1) is 49.1 Å². The van der Waals surface area contributed by atoms with Crippen molar-refractivity contribution in [2.45, 2.75) is 118 Å². The molecular formula is C54H68N9NaO20S. The molecule has 5 aliphatic rings. The first-order chi connectivity index (χ1) is 39.7. The van der Waals surface area contributed by atoms with Crippen LogP contribution in [-0.2, 0) is 55.1 Å². The normalized spacial score (nSPS) is 27.5. The molecule has 1 aliphatic carbocycles. The van der Waals surface area contributed by atoms with Crippen molar-refractivity contribution in [3.8, 4) is 22.6 Å². The number of aliphatic hydroxyl groups is 6. The van der Waals surface area contributed by atoms with Crippen LogP contribution in [0.1, 0.15) is 55.7 Å². The van der Waals surface area contributed by atoms with Crippen LogP contribution in [0.5, 0.6) is 11.5 Å². The van der Waals surface area contributed by atoms with Gasteiger partial charge in [-0.2, -0.15) is 0 Å². The van der Waals surface area contributed by atoms with Crippen LogP contribution in [0.3, 0.4) is 0 Å². The summed E-state index contributed by atoms with van der Waals surface area (Å²) < 4.78 is 44.6. The van der Waals surface area contributed by atoms with Crippen molar-refractivity contribution >= 4 is 57.8 Å². The number of phenolic OH excluding ortho intramolecular Hbond substituents is 1. The van der Waals surface area contributed by atoms with E-state index in [4.69, 9.17) is 10.5 Å². The van der Waals surface area contributed by atoms with Gasteiger partial charge in [-0.3, -0.25) is 33.6 Å². The molecule has 8 amide bonds. The Morgan fingerprint density at radius 1 is 0.741 bits per heavy atom. The molecule has 0 radical (unpaired) electrons. The summed E-state index contributed by atoms with van der Waals surface area (Å²) in [5, 5.41) is 87.4. The quantitative estimate of drug-likeness (QED) is 0.0482. The van der Waals surface area contributed by atoms with Gasteiger partial charge in [0.15, 0.2) is 11.5 Å². The predicted octanol–water partition coefficient (Wildman–Crippen LogP) is -7.80. The summed E-state index contributed by atoms with van der Waals surface area (Å²) in [7, 11) is -5.49. The Labute approximate surface area is 510 Å². The standard InChI is InChI=1S/C54H69N9O20S.Na/c1-26-23-63-46(47(26)71)51(75)56-22-29(65)19-36(55)48(72)57-43(27(2)64)52(76)62-24-30(66)20-37(62)49(73)58-44(39(68)17-28-11-12-38(67)41(18-28)83-84(79,80)81)50(74)59-45(53(63)77)40(69)21-42(70)60-13-15-61(16-14-60)54(78)82-25-35-33-9-5-3-7-31(33)32-8-4-6-10-34(32)35;/h3-12,18,26-27,29-30,35-37,39-40,43-47,64-69,71H,13-17,19-25,55H2,1-2H3,(H,56,75)(H,57,72)(H,58,73)(H,59,74)(H,79,80,81);/q;+1/p-1/t26-,27+,29+,30+,36-,37-,39+,40+,43?,44-,45-,46-,47-;/m0./s1. The first-order valence-corrected chi connectivity index (χ1v) is 28.5. The summed E-state index contributed by atoms with van der Waals surface area (Å²) in [5.41, 5.74) is 9.99. The Bertz CT molecular complexity index is 3070. The number of phenols is 1. The number of hydrogen-bond acceptors (Lipinski definition) is 21. The van der Waals surface area contributed by atoms with Crippen molar-refractivity contribution in [3.63, 3.8) is 0 Å². The van der Waals surface area contributed by atoms with Crippen LogP contribution >= 0.6 is 0 Å². The van der Waals surface area contributed by atoms with Crippen LogP contribution in [0.25, 0.3) is 11.1 Å². The van der Waals surface area contributed by atoms with Crippen LogP contribution in [-0.4, -0.2) is 241 Å². The number of rotatable bonds is 11. The first-order valence-electron chi connectivity index (χ1n) is 27.2. The van der Waals surface area contributed by atoms with E-state index in [0.29, 0.717) is 0 Å². The monoisotopic (exact) mass is 1220 g/mol. The zero-order chi connectivity index (χ0) is 61.1. The molecule has 1 unspecified atom stereocenters. The molecule has 29 nitrogen and oxygen atoms in total. The van der Waals surface area contributed by atoms with Gasteiger partial charge < -0.3 is 95.8 Å². The summed E-state index contributed by atoms with van der Waals surface area (Å²) in [6.07, 6.45) is -14.2. The number of nitrogens with one attached hydrogen (secondary N) is 4. The topological polar surface area (TPSA) is 441 Å². The third kappa shape index (κ3) is 15.4. The van der Waals surface area contributed by atoms with Crippen LogP contribution in [0.4, 0.5) is 4.79 Å². The van der Waals surface area contributed by atoms with Crippen molar-refractivity contribution in [1.29, 1.82) is 0 Å². The fourth-order valence-corrected chi connectivity index (χ4v) is 11.6. The smallest absolute Gasteiger partial charge is 0.716 e. The second-order valence-electron chi connectivity index (χ2n) is 21.7. The molecule has 3 aromatic rings. The Morgan fingerprint density at radius 2 is 1.33 bits per heavy atom. The summed E-state index contributed by atoms with van der Waals surface area (Å²) in [4.78, 5) is 118. The molecule has 0 spiro atoms. The summed E-state index contributed by atoms with van der Waals surface area (Å²) in [5.74, 6) is -11.0. The number of carbonyl (C=O) groups is 8. The number of carbonyl (C=O) groups excluding carboxylic acids is 8. The van der Waals surface area contributed by atoms with Gasteiger partial charge in [-0.15, -0.1) is 0 Å². The number of nitrogens with zero attached hydrogens (tertiary/aromatic N) is 4. The summed E-state index contributed by atoms with van der Waals surface area (Å²) >= 11 is 0. The fourth-order valence-electron chi connectivity index (χ4n) is 11.3. The zero-order valence-electron chi connectivity index (χ0n) is 46.6. The number of hydrogen-bond donors (Lipinski definition) is 12. The third-order valence-corrected chi connectivity index (χ3v) is 16.1. The Morgan fingerprint density at radius 3 is 1.95 bits per heavy atom. The number of nitrogens with two attached hydrogens (primary N) is 1. The molecular weight excluding hydrogens is 1150 g/mol. The van der Waals surface area contributed by atoms with E-state index in [-0.39, 0.29) is 73.8 Å². The molecule has 4 aliphatic heterocycles. The Balaban J connectivity index is 0.0000104. The van der Waals surface area contributed by atoms with Crippen LogP contribution in [0.2, 0.25) is 0 Å². The van der Waals surface area contributed by atoms with Gasteiger partial charge in [0.25, 0.3) is 10.4 Å². The number of amides is 8. The Hall–Kier alpha value is -6.55. The number of piperazine rings is 1. The van der Waals surface area contributed by atoms with E-state index in [1.54, 1.807) is 0 Å². The molecule has 0 aromatic heterocycles. The van der Waals surface area contributed by atoms with Crippen molar-refractivity contribution in [2.75, 3.05) is 52.4 Å². The van der Waals surface area contributed by atoms with E-state index in [2.05, 4.69) is 25.5 Å². The van der Waals surface area contributed by atoms with Crippen molar-refractivity contribution in [2.24, 2.45) is 11.7 Å². The van der Waals surface area contributed by atoms with Gasteiger partial charge in [-0.05, 0) is 53.3 Å². The van der Waals surface area contributed by atoms with Gasteiger partial charge in [0, 0.05) is 70.5 Å². The number of fused-ring (bicyclic) bond motifs is 5. The van der Waals surface area contributed by atoms with E-state index in [0.717, 1.165) is 57.2 Å². The molecule has 13 atom stereocenters. The minimum absolute atomic E-state index is 0. The van der Waals surface area contributed by atoms with E-state index in [1.807, 2.05) is 48.5 Å². The molecule has 8 rings (SSSR count). The molecule has 3 aromatic carbocycles. The third-order valence-electron chi connectivity index (χ3n) is 15.7. The molecule has 31 heteroatoms. The van der Waals surface area contributed by atoms with E-state index in [1.165, 1.54) is 16.7 Å². The average Bonchev–Trinajstić information content (AvgIpc) is 2.37. The largest absolute Gasteiger partial charge is 1.00 e. The van der Waals surface area contributed by atoms with E-state index in [9.17, 15) is 82.3 Å². The SMILES string of the molecule is C[C@@H](O)C1NC(=O)[C@@H](N)C[C@@H](O)CNC(=O)[C@@H]2[C@@H](O)[C@@H](C)CN2C(=O)[C@H]([C@H](O)CC(=O)N2CCN(C(=O)OCC3c4ccccc4-c4ccccc43)CC2)NC(=O)[C@H]([C@H](O)Cc2ccc(O)c(OS(=O)(=O)[O-])c2)NC(=O)[C@@H]2C[C@@H](O)CN2C1=O.[Na+]. The maximum Gasteiger partial charge on any atom is 1.00 e. The minimum Gasteiger partial charge on any atom is -0.716 e. The van der Waals surface area contributed by atoms with E-state index < -0.39 is 193 Å². The van der Waals surface area contributed by atoms with Gasteiger partial charge in [-0.1, -0.05) is 61.5 Å². The second kappa shape index (κ2) is 27.9. The summed E-state index contributed by atoms with van der Waals surface area (Å²) in [6, 6.07) is 6.80. The Kier molecular flexibility index (Phi) is 21.6. The first kappa shape index (κ1) is 66.0. The van der Waals surface area contributed by atoms with Gasteiger partial charge >= 0.3 is 35.7 Å². The van der Waals surface area contributed by atoms with Crippen molar-refractivity contribution < 1.29 is 126 Å². The molecule has 0 bridgehead atoms. The number of β-amino-alcohol motifs (C(OH)–C–C–N with tert-alkyl or cyclic N) is 1. The molecule has 13 N–H and O–H groups in total. The second-order valence-corrected chi connectivity index (χ2v) is 22.7. The van der Waals surface area contributed by atoms with Gasteiger partial charge in [0.2, 0.25) is 41.4 Å². The van der Waals surface area contributed by atoms with Crippen LogP contribution < -0.4 is 60.7 Å². The minimum atomic E-state index is -5.49. The number of aliphatic hydroxyl groups excluding tert-OH is 6. The maximum absolute atomic E-state index is 15.0. The average molecular weight is 1220 g/mol. The molecule has 4 saturated heterocycles. The van der Waals surface area contributed by atoms with Crippen LogP contribution in [0.15, 0.2) is 66.7 Å². The van der Waals surface area contributed by atoms with Gasteiger partial charge in [-0.25, -0.2) is 13.2 Å². The molecule has 4 heterocycles. The predicted molar refractivity (Wildman–Crippen MR) is 288 cm³/mol. The fraction of sp³-hybridized carbons (Fsp3) is 0.519. The zero-order valence-corrected chi connectivity index (χ0v) is 49.4.